The van der Waals surface area contributed by atoms with Crippen molar-refractivity contribution in [2.45, 2.75) is 32.1 Å². The van der Waals surface area contributed by atoms with E-state index in [4.69, 9.17) is 14.6 Å². The van der Waals surface area contributed by atoms with Crippen molar-refractivity contribution in [1.29, 1.82) is 0 Å². The van der Waals surface area contributed by atoms with Crippen LogP contribution in [0.2, 0.25) is 0 Å². The number of hydrogen-bond acceptors (Lipinski definition) is 5. The van der Waals surface area contributed by atoms with Gasteiger partial charge in [-0.3, -0.25) is 9.59 Å². The van der Waals surface area contributed by atoms with Crippen LogP contribution in [0.25, 0.3) is 0 Å². The molecule has 0 saturated carbocycles. The Morgan fingerprint density at radius 1 is 1.32 bits per heavy atom. The minimum atomic E-state index is -0.840. The van der Waals surface area contributed by atoms with E-state index < -0.39 is 5.60 Å². The minimum absolute atomic E-state index is 0.00432. The molecule has 0 spiro atoms. The molecule has 1 atom stereocenters. The fraction of sp³-hybridized carbons (Fsp3) is 0.556. The van der Waals surface area contributed by atoms with E-state index >= 15 is 0 Å². The summed E-state index contributed by atoms with van der Waals surface area (Å²) in [5.41, 5.74) is 0.931. The summed E-state index contributed by atoms with van der Waals surface area (Å²) in [6.07, 6.45) is 0.113. The molecule has 0 aliphatic carbocycles. The smallest absolute Gasteiger partial charge is 0.223 e. The monoisotopic (exact) mass is 350 g/mol. The molecule has 0 radical (unpaired) electrons. The molecule has 7 nitrogen and oxygen atoms in total. The van der Waals surface area contributed by atoms with Gasteiger partial charge < -0.3 is 24.8 Å². The summed E-state index contributed by atoms with van der Waals surface area (Å²) in [7, 11) is 1.54. The average Bonchev–Trinajstić information content (AvgIpc) is 2.84. The SMILES string of the molecule is CO[C@]1(CC(=O)NCc2ccc(CO)cc2)COCCN(C(C)=O)C1. The van der Waals surface area contributed by atoms with Crippen LogP contribution in [-0.2, 0) is 32.2 Å². The lowest BCUT2D eigenvalue weighted by molar-refractivity contribution is -0.139. The van der Waals surface area contributed by atoms with Crippen molar-refractivity contribution >= 4 is 11.8 Å². The van der Waals surface area contributed by atoms with E-state index in [1.54, 1.807) is 4.90 Å². The molecule has 2 N–H and O–H groups in total. The molecule has 7 heteroatoms. The number of nitrogens with zero attached hydrogens (tertiary/aromatic N) is 1. The first-order valence-corrected chi connectivity index (χ1v) is 8.32. The van der Waals surface area contributed by atoms with E-state index in [2.05, 4.69) is 5.32 Å². The molecule has 1 aromatic carbocycles. The van der Waals surface area contributed by atoms with Crippen LogP contribution in [0.5, 0.6) is 0 Å². The van der Waals surface area contributed by atoms with Crippen LogP contribution in [0.1, 0.15) is 24.5 Å². The zero-order valence-corrected chi connectivity index (χ0v) is 14.8. The van der Waals surface area contributed by atoms with Crippen molar-refractivity contribution in [2.24, 2.45) is 0 Å². The Kier molecular flexibility index (Phi) is 6.92. The molecule has 2 rings (SSSR count). The van der Waals surface area contributed by atoms with Crippen LogP contribution in [0.15, 0.2) is 24.3 Å². The molecule has 2 amide bonds. The van der Waals surface area contributed by atoms with Crippen molar-refractivity contribution in [1.82, 2.24) is 10.2 Å². The largest absolute Gasteiger partial charge is 0.392 e. The number of nitrogens with one attached hydrogen (secondary N) is 1. The highest BCUT2D eigenvalue weighted by molar-refractivity contribution is 5.77. The third-order valence-corrected chi connectivity index (χ3v) is 4.41. The van der Waals surface area contributed by atoms with Crippen molar-refractivity contribution in [3.05, 3.63) is 35.4 Å². The molecule has 0 aromatic heterocycles. The number of carbonyl (C=O) groups excluding carboxylic acids is 2. The number of methoxy groups -OCH3 is 1. The molecule has 1 heterocycles. The van der Waals surface area contributed by atoms with Crippen LogP contribution >= 0.6 is 0 Å². The van der Waals surface area contributed by atoms with E-state index in [9.17, 15) is 9.59 Å². The summed E-state index contributed by atoms with van der Waals surface area (Å²) < 4.78 is 11.1. The summed E-state index contributed by atoms with van der Waals surface area (Å²) in [4.78, 5) is 25.7. The van der Waals surface area contributed by atoms with Gasteiger partial charge in [0.05, 0.1) is 32.8 Å². The van der Waals surface area contributed by atoms with E-state index in [0.717, 1.165) is 11.1 Å². The third kappa shape index (κ3) is 5.52. The maximum atomic E-state index is 12.4. The first-order chi connectivity index (χ1) is 12.0. The Morgan fingerprint density at radius 3 is 2.60 bits per heavy atom. The van der Waals surface area contributed by atoms with Crippen LogP contribution in [0.3, 0.4) is 0 Å². The maximum absolute atomic E-state index is 12.4. The zero-order valence-electron chi connectivity index (χ0n) is 14.8. The standard InChI is InChI=1S/C18H26N2O5/c1-14(22)20-7-8-25-13-18(12-20,24-2)9-17(23)19-10-15-3-5-16(11-21)6-4-15/h3-6,21H,7-13H2,1-2H3,(H,19,23)/t18-/m0/s1. The molecular weight excluding hydrogens is 324 g/mol. The summed E-state index contributed by atoms with van der Waals surface area (Å²) in [5.74, 6) is -0.224. The topological polar surface area (TPSA) is 88.1 Å². The summed E-state index contributed by atoms with van der Waals surface area (Å²) in [6.45, 7) is 3.42. The lowest BCUT2D eigenvalue weighted by atomic mass is 9.99. The fourth-order valence-corrected chi connectivity index (χ4v) is 2.80. The van der Waals surface area contributed by atoms with Crippen molar-refractivity contribution < 1.29 is 24.2 Å². The molecular formula is C18H26N2O5. The first-order valence-electron chi connectivity index (χ1n) is 8.32. The second-order valence-corrected chi connectivity index (χ2v) is 6.31. The number of ether oxygens (including phenoxy) is 2. The predicted molar refractivity (Wildman–Crippen MR) is 91.6 cm³/mol. The van der Waals surface area contributed by atoms with E-state index in [1.165, 1.54) is 14.0 Å². The van der Waals surface area contributed by atoms with E-state index in [-0.39, 0.29) is 31.4 Å². The summed E-state index contributed by atoms with van der Waals surface area (Å²) in [5, 5.41) is 11.9. The molecule has 0 unspecified atom stereocenters. The molecule has 0 bridgehead atoms. The van der Waals surface area contributed by atoms with Crippen molar-refractivity contribution in [2.75, 3.05) is 33.4 Å². The highest BCUT2D eigenvalue weighted by Gasteiger charge is 2.38. The summed E-state index contributed by atoms with van der Waals surface area (Å²) in [6, 6.07) is 7.37. The van der Waals surface area contributed by atoms with Gasteiger partial charge in [0, 0.05) is 27.1 Å². The number of hydrogen-bond donors (Lipinski definition) is 2. The second kappa shape index (κ2) is 8.94. The van der Waals surface area contributed by atoms with Gasteiger partial charge >= 0.3 is 0 Å². The Morgan fingerprint density at radius 2 is 2.00 bits per heavy atom. The molecule has 1 saturated heterocycles. The Hall–Kier alpha value is -1.96. The van der Waals surface area contributed by atoms with Gasteiger partial charge in [0.25, 0.3) is 0 Å². The van der Waals surface area contributed by atoms with Crippen LogP contribution < -0.4 is 5.32 Å². The van der Waals surface area contributed by atoms with Crippen LogP contribution in [0.4, 0.5) is 0 Å². The summed E-state index contributed by atoms with van der Waals surface area (Å²) >= 11 is 0. The number of rotatable bonds is 6. The van der Waals surface area contributed by atoms with E-state index in [0.29, 0.717) is 26.2 Å². The van der Waals surface area contributed by atoms with Crippen molar-refractivity contribution in [3.63, 3.8) is 0 Å². The van der Waals surface area contributed by atoms with Gasteiger partial charge in [0.15, 0.2) is 0 Å². The molecule has 1 aromatic rings. The van der Waals surface area contributed by atoms with Gasteiger partial charge in [-0.1, -0.05) is 24.3 Å². The normalized spacial score (nSPS) is 20.8. The number of carbonyl (C=O) groups is 2. The highest BCUT2D eigenvalue weighted by Crippen LogP contribution is 2.21. The van der Waals surface area contributed by atoms with Gasteiger partial charge in [0.2, 0.25) is 11.8 Å². The predicted octanol–water partition coefficient (Wildman–Crippen LogP) is 0.449. The van der Waals surface area contributed by atoms with Gasteiger partial charge in [-0.15, -0.1) is 0 Å². The quantitative estimate of drug-likeness (QED) is 0.778. The average molecular weight is 350 g/mol. The second-order valence-electron chi connectivity index (χ2n) is 6.31. The van der Waals surface area contributed by atoms with Crippen LogP contribution in [-0.4, -0.2) is 60.8 Å². The number of amides is 2. The maximum Gasteiger partial charge on any atom is 0.223 e. The van der Waals surface area contributed by atoms with Gasteiger partial charge in [-0.25, -0.2) is 0 Å². The lowest BCUT2D eigenvalue weighted by Crippen LogP contribution is -2.50. The van der Waals surface area contributed by atoms with E-state index in [1.807, 2.05) is 24.3 Å². The van der Waals surface area contributed by atoms with Crippen LogP contribution in [0, 0.1) is 0 Å². The molecule has 1 aliphatic rings. The molecule has 25 heavy (non-hydrogen) atoms. The van der Waals surface area contributed by atoms with Crippen molar-refractivity contribution in [3.8, 4) is 0 Å². The zero-order chi connectivity index (χ0) is 18.3. The van der Waals surface area contributed by atoms with Gasteiger partial charge in [-0.05, 0) is 11.1 Å². The van der Waals surface area contributed by atoms with Gasteiger partial charge in [-0.2, -0.15) is 0 Å². The third-order valence-electron chi connectivity index (χ3n) is 4.41. The molecule has 1 aliphatic heterocycles. The number of aliphatic hydroxyl groups is 1. The molecule has 1 fully saturated rings. The number of aliphatic hydroxyl groups excluding tert-OH is 1. The highest BCUT2D eigenvalue weighted by atomic mass is 16.5. The first kappa shape index (κ1) is 19.4. The fourth-order valence-electron chi connectivity index (χ4n) is 2.80. The Labute approximate surface area is 147 Å². The number of benzene rings is 1. The lowest BCUT2D eigenvalue weighted by Gasteiger charge is -2.33. The van der Waals surface area contributed by atoms with Gasteiger partial charge in [0.1, 0.15) is 5.60 Å². The molecule has 138 valence electrons. The minimum Gasteiger partial charge on any atom is -0.392 e. The Balaban J connectivity index is 1.94. The Bertz CT molecular complexity index is 590.